The van der Waals surface area contributed by atoms with Gasteiger partial charge < -0.3 is 15.0 Å². The molecule has 0 saturated carbocycles. The second-order valence-electron chi connectivity index (χ2n) is 4.20. The average molecular weight is 269 g/mol. The molecule has 0 aliphatic rings. The molecule has 0 fully saturated rings. The van der Waals surface area contributed by atoms with Gasteiger partial charge in [-0.2, -0.15) is 4.98 Å². The summed E-state index contributed by atoms with van der Waals surface area (Å²) in [5.74, 6) is 0.714. The van der Waals surface area contributed by atoms with Crippen LogP contribution in [-0.2, 0) is 0 Å². The summed E-state index contributed by atoms with van der Waals surface area (Å²) in [7, 11) is 5.65. The second kappa shape index (κ2) is 7.38. The summed E-state index contributed by atoms with van der Waals surface area (Å²) in [6, 6.07) is 0. The summed E-state index contributed by atoms with van der Waals surface area (Å²) < 4.78 is 5.33. The summed E-state index contributed by atoms with van der Waals surface area (Å²) in [6.45, 7) is 6.19. The molecule has 0 aliphatic heterocycles. The number of anilines is 1. The number of rotatable bonds is 7. The van der Waals surface area contributed by atoms with Gasteiger partial charge in [-0.05, 0) is 19.0 Å². The van der Waals surface area contributed by atoms with Gasteiger partial charge in [-0.25, -0.2) is 0 Å². The maximum absolute atomic E-state index is 5.33. The van der Waals surface area contributed by atoms with E-state index >= 15 is 0 Å². The van der Waals surface area contributed by atoms with Gasteiger partial charge in [0.05, 0.1) is 12.0 Å². The van der Waals surface area contributed by atoms with Crippen molar-refractivity contribution in [2.75, 3.05) is 39.2 Å². The molecule has 4 nitrogen and oxygen atoms in total. The summed E-state index contributed by atoms with van der Waals surface area (Å²) in [5.41, 5.74) is 1.36. The van der Waals surface area contributed by atoms with Gasteiger partial charge in [0.2, 0.25) is 5.88 Å². The van der Waals surface area contributed by atoms with E-state index in [0.717, 1.165) is 29.5 Å². The van der Waals surface area contributed by atoms with Crippen LogP contribution in [0.2, 0.25) is 0 Å². The highest BCUT2D eigenvalue weighted by atomic mass is 32.1. The van der Waals surface area contributed by atoms with Crippen molar-refractivity contribution in [3.8, 4) is 5.88 Å². The highest BCUT2D eigenvalue weighted by Crippen LogP contribution is 2.32. The molecule has 1 N–H and O–H groups in total. The molecule has 18 heavy (non-hydrogen) atoms. The van der Waals surface area contributed by atoms with Gasteiger partial charge in [0.25, 0.3) is 0 Å². The van der Waals surface area contributed by atoms with Gasteiger partial charge >= 0.3 is 0 Å². The van der Waals surface area contributed by atoms with E-state index in [2.05, 4.69) is 30.2 Å². The van der Waals surface area contributed by atoms with E-state index in [9.17, 15) is 0 Å². The summed E-state index contributed by atoms with van der Waals surface area (Å²) in [6.07, 6.45) is 3.22. The zero-order chi connectivity index (χ0) is 13.5. The molecule has 1 aromatic heterocycles. The standard InChI is InChI=1S/C13H23N3OS/c1-6-10(9-14-7-2)8-11-12(17-5)15-13(18-11)16(3)4/h8,14H,6-7,9H2,1-5H3. The van der Waals surface area contributed by atoms with E-state index in [1.54, 1.807) is 18.4 Å². The molecule has 102 valence electrons. The fourth-order valence-corrected chi connectivity index (χ4v) is 2.43. The first-order valence-corrected chi connectivity index (χ1v) is 7.06. The molecule has 0 radical (unpaired) electrons. The molecular formula is C13H23N3OS. The quantitative estimate of drug-likeness (QED) is 0.825. The minimum atomic E-state index is 0.714. The Bertz CT molecular complexity index is 399. The highest BCUT2D eigenvalue weighted by molar-refractivity contribution is 7.16. The van der Waals surface area contributed by atoms with Crippen molar-refractivity contribution in [2.45, 2.75) is 20.3 Å². The lowest BCUT2D eigenvalue weighted by Gasteiger charge is -2.05. The van der Waals surface area contributed by atoms with E-state index in [4.69, 9.17) is 4.74 Å². The summed E-state index contributed by atoms with van der Waals surface area (Å²) >= 11 is 1.65. The van der Waals surface area contributed by atoms with Gasteiger partial charge in [0.15, 0.2) is 5.13 Å². The smallest absolute Gasteiger partial charge is 0.233 e. The predicted molar refractivity (Wildman–Crippen MR) is 79.8 cm³/mol. The molecule has 0 aromatic carbocycles. The van der Waals surface area contributed by atoms with Crippen LogP contribution in [0.25, 0.3) is 6.08 Å². The van der Waals surface area contributed by atoms with Crippen LogP contribution in [0.1, 0.15) is 25.1 Å². The van der Waals surface area contributed by atoms with Crippen LogP contribution >= 0.6 is 11.3 Å². The van der Waals surface area contributed by atoms with Crippen LogP contribution in [0.3, 0.4) is 0 Å². The fraction of sp³-hybridized carbons (Fsp3) is 0.615. The molecule has 5 heteroatoms. The Morgan fingerprint density at radius 2 is 2.17 bits per heavy atom. The number of thiazole rings is 1. The van der Waals surface area contributed by atoms with Crippen molar-refractivity contribution in [2.24, 2.45) is 0 Å². The summed E-state index contributed by atoms with van der Waals surface area (Å²) in [4.78, 5) is 7.55. The van der Waals surface area contributed by atoms with Crippen molar-refractivity contribution < 1.29 is 4.74 Å². The monoisotopic (exact) mass is 269 g/mol. The van der Waals surface area contributed by atoms with Gasteiger partial charge in [-0.15, -0.1) is 0 Å². The van der Waals surface area contributed by atoms with Crippen LogP contribution in [-0.4, -0.2) is 39.3 Å². The highest BCUT2D eigenvalue weighted by Gasteiger charge is 2.11. The minimum absolute atomic E-state index is 0.714. The van der Waals surface area contributed by atoms with E-state index in [1.807, 2.05) is 19.0 Å². The normalized spacial score (nSPS) is 11.7. The van der Waals surface area contributed by atoms with Crippen LogP contribution in [0, 0.1) is 0 Å². The van der Waals surface area contributed by atoms with Gasteiger partial charge in [-0.1, -0.05) is 30.8 Å². The molecule has 1 aromatic rings. The number of likely N-dealkylation sites (N-methyl/N-ethyl adjacent to an activating group) is 1. The van der Waals surface area contributed by atoms with Gasteiger partial charge in [0, 0.05) is 20.6 Å². The van der Waals surface area contributed by atoms with E-state index in [1.165, 1.54) is 5.57 Å². The van der Waals surface area contributed by atoms with Crippen LogP contribution in [0.5, 0.6) is 5.88 Å². The molecule has 0 aliphatic carbocycles. The Hall–Kier alpha value is -1.07. The number of ether oxygens (including phenoxy) is 1. The molecular weight excluding hydrogens is 246 g/mol. The van der Waals surface area contributed by atoms with Crippen molar-refractivity contribution in [3.63, 3.8) is 0 Å². The van der Waals surface area contributed by atoms with Crippen molar-refractivity contribution >= 4 is 22.5 Å². The number of nitrogens with zero attached hydrogens (tertiary/aromatic N) is 2. The Morgan fingerprint density at radius 3 is 2.67 bits per heavy atom. The maximum atomic E-state index is 5.33. The Labute approximate surface area is 114 Å². The van der Waals surface area contributed by atoms with Crippen molar-refractivity contribution in [1.29, 1.82) is 0 Å². The number of hydrogen-bond donors (Lipinski definition) is 1. The van der Waals surface area contributed by atoms with E-state index in [0.29, 0.717) is 5.88 Å². The lowest BCUT2D eigenvalue weighted by Crippen LogP contribution is -2.15. The SMILES string of the molecule is CCNCC(=Cc1sc(N(C)C)nc1OC)CC. The number of nitrogens with one attached hydrogen (secondary N) is 1. The first kappa shape index (κ1) is 15.0. The Balaban J connectivity index is 2.95. The van der Waals surface area contributed by atoms with Crippen LogP contribution in [0.15, 0.2) is 5.57 Å². The first-order valence-electron chi connectivity index (χ1n) is 6.24. The molecule has 1 heterocycles. The van der Waals surface area contributed by atoms with Crippen molar-refractivity contribution in [3.05, 3.63) is 10.5 Å². The van der Waals surface area contributed by atoms with Gasteiger partial charge in [-0.3, -0.25) is 0 Å². The van der Waals surface area contributed by atoms with E-state index in [-0.39, 0.29) is 0 Å². The van der Waals surface area contributed by atoms with Crippen LogP contribution in [0.4, 0.5) is 5.13 Å². The third kappa shape index (κ3) is 3.99. The Kier molecular flexibility index (Phi) is 6.15. The molecule has 0 atom stereocenters. The molecule has 0 amide bonds. The lowest BCUT2D eigenvalue weighted by atomic mass is 10.2. The molecule has 0 unspecified atom stereocenters. The molecule has 1 rings (SSSR count). The third-order valence-corrected chi connectivity index (χ3v) is 3.73. The number of hydrogen-bond acceptors (Lipinski definition) is 5. The predicted octanol–water partition coefficient (Wildman–Crippen LogP) is 2.62. The zero-order valence-electron chi connectivity index (χ0n) is 11.9. The zero-order valence-corrected chi connectivity index (χ0v) is 12.7. The van der Waals surface area contributed by atoms with Gasteiger partial charge in [0.1, 0.15) is 0 Å². The minimum Gasteiger partial charge on any atom is -0.480 e. The fourth-order valence-electron chi connectivity index (χ4n) is 1.48. The van der Waals surface area contributed by atoms with E-state index < -0.39 is 0 Å². The second-order valence-corrected chi connectivity index (χ2v) is 5.21. The number of methoxy groups -OCH3 is 1. The topological polar surface area (TPSA) is 37.4 Å². The first-order chi connectivity index (χ1) is 8.62. The molecule has 0 bridgehead atoms. The molecule has 0 spiro atoms. The maximum Gasteiger partial charge on any atom is 0.233 e. The number of aromatic nitrogens is 1. The third-order valence-electron chi connectivity index (χ3n) is 2.58. The lowest BCUT2D eigenvalue weighted by molar-refractivity contribution is 0.400. The Morgan fingerprint density at radius 1 is 1.44 bits per heavy atom. The summed E-state index contributed by atoms with van der Waals surface area (Å²) in [5, 5.41) is 4.32. The largest absolute Gasteiger partial charge is 0.480 e. The molecule has 0 saturated heterocycles. The average Bonchev–Trinajstić information content (AvgIpc) is 2.77. The van der Waals surface area contributed by atoms with Crippen molar-refractivity contribution in [1.82, 2.24) is 10.3 Å². The van der Waals surface area contributed by atoms with Crippen LogP contribution < -0.4 is 15.0 Å².